The molecular weight excluding hydrogens is 266 g/mol. The molecule has 1 fully saturated rings. The van der Waals surface area contributed by atoms with Gasteiger partial charge in [0, 0.05) is 6.04 Å². The largest absolute Gasteiger partial charge is 0.426 e. The van der Waals surface area contributed by atoms with Gasteiger partial charge in [-0.2, -0.15) is 0 Å². The lowest BCUT2D eigenvalue weighted by Gasteiger charge is -2.28. The van der Waals surface area contributed by atoms with Gasteiger partial charge in [-0.3, -0.25) is 4.90 Å². The van der Waals surface area contributed by atoms with Gasteiger partial charge in [-0.25, -0.2) is 4.79 Å². The van der Waals surface area contributed by atoms with Crippen LogP contribution in [-0.4, -0.2) is 29.2 Å². The number of hydrogen-bond acceptors (Lipinski definition) is 4. The summed E-state index contributed by atoms with van der Waals surface area (Å²) < 4.78 is 5.53. The molecule has 2 heterocycles. The first kappa shape index (κ1) is 14.3. The molecule has 1 aliphatic rings. The fourth-order valence-electron chi connectivity index (χ4n) is 3.32. The van der Waals surface area contributed by atoms with Crippen molar-refractivity contribution in [2.24, 2.45) is 0 Å². The third kappa shape index (κ3) is 2.49. The van der Waals surface area contributed by atoms with Crippen molar-refractivity contribution in [3.63, 3.8) is 0 Å². The van der Waals surface area contributed by atoms with Crippen LogP contribution in [0.3, 0.4) is 0 Å². The van der Waals surface area contributed by atoms with Crippen molar-refractivity contribution in [1.29, 1.82) is 0 Å². The molecule has 0 bridgehead atoms. The summed E-state index contributed by atoms with van der Waals surface area (Å²) >= 11 is 0. The van der Waals surface area contributed by atoms with Crippen LogP contribution in [0.2, 0.25) is 0 Å². The van der Waals surface area contributed by atoms with E-state index in [1.54, 1.807) is 6.07 Å². The summed E-state index contributed by atoms with van der Waals surface area (Å²) in [6, 6.07) is 7.82. The smallest absolute Gasteiger partial charge is 0.343 e. The zero-order valence-electron chi connectivity index (χ0n) is 12.5. The standard InChI is InChI=1S/C17H21NO3/c1-11-5-3-7-14-15(11)9-16(21-17(14)20)12(2)18-8-4-6-13(18)10-19/h3,5,7,9,12-13,19H,4,6,8,10H2,1-2H3. The minimum atomic E-state index is -0.280. The van der Waals surface area contributed by atoms with Crippen LogP contribution in [0.25, 0.3) is 10.8 Å². The molecule has 2 atom stereocenters. The number of aryl methyl sites for hydroxylation is 1. The Morgan fingerprint density at radius 1 is 1.43 bits per heavy atom. The molecule has 0 radical (unpaired) electrons. The monoisotopic (exact) mass is 287 g/mol. The fourth-order valence-corrected chi connectivity index (χ4v) is 3.32. The van der Waals surface area contributed by atoms with Gasteiger partial charge in [-0.15, -0.1) is 0 Å². The third-order valence-electron chi connectivity index (χ3n) is 4.58. The van der Waals surface area contributed by atoms with Gasteiger partial charge in [0.2, 0.25) is 0 Å². The van der Waals surface area contributed by atoms with Crippen molar-refractivity contribution in [3.8, 4) is 0 Å². The van der Waals surface area contributed by atoms with E-state index < -0.39 is 0 Å². The molecule has 1 N–H and O–H groups in total. The Morgan fingerprint density at radius 3 is 3.00 bits per heavy atom. The Hall–Kier alpha value is -1.65. The molecule has 2 aromatic rings. The third-order valence-corrected chi connectivity index (χ3v) is 4.58. The predicted octanol–water partition coefficient (Wildman–Crippen LogP) is 2.62. The molecule has 2 unspecified atom stereocenters. The Balaban J connectivity index is 2.04. The van der Waals surface area contributed by atoms with Crippen LogP contribution in [-0.2, 0) is 0 Å². The maximum Gasteiger partial charge on any atom is 0.343 e. The summed E-state index contributed by atoms with van der Waals surface area (Å²) in [6.45, 7) is 5.13. The molecule has 0 aliphatic carbocycles. The summed E-state index contributed by atoms with van der Waals surface area (Å²) in [7, 11) is 0. The molecule has 1 saturated heterocycles. The van der Waals surface area contributed by atoms with Gasteiger partial charge >= 0.3 is 5.63 Å². The van der Waals surface area contributed by atoms with Crippen molar-refractivity contribution >= 4 is 10.8 Å². The van der Waals surface area contributed by atoms with E-state index in [0.29, 0.717) is 11.1 Å². The van der Waals surface area contributed by atoms with E-state index in [1.807, 2.05) is 32.0 Å². The lowest BCUT2D eigenvalue weighted by atomic mass is 10.1. The second kappa shape index (κ2) is 5.62. The summed E-state index contributed by atoms with van der Waals surface area (Å²) in [4.78, 5) is 14.4. The molecule has 0 spiro atoms. The molecule has 3 rings (SSSR count). The van der Waals surface area contributed by atoms with Gasteiger partial charge in [0.1, 0.15) is 5.76 Å². The van der Waals surface area contributed by atoms with Crippen molar-refractivity contribution in [1.82, 2.24) is 4.90 Å². The predicted molar refractivity (Wildman–Crippen MR) is 82.4 cm³/mol. The van der Waals surface area contributed by atoms with Crippen molar-refractivity contribution in [3.05, 3.63) is 46.0 Å². The Morgan fingerprint density at radius 2 is 2.24 bits per heavy atom. The molecule has 4 heteroatoms. The minimum absolute atomic E-state index is 0.00126. The summed E-state index contributed by atoms with van der Waals surface area (Å²) in [6.07, 6.45) is 2.07. The second-order valence-corrected chi connectivity index (χ2v) is 5.86. The summed E-state index contributed by atoms with van der Waals surface area (Å²) in [5, 5.41) is 11.1. The average molecular weight is 287 g/mol. The van der Waals surface area contributed by atoms with Crippen LogP contribution in [0.5, 0.6) is 0 Å². The Kier molecular flexibility index (Phi) is 3.83. The number of nitrogens with zero attached hydrogens (tertiary/aromatic N) is 1. The summed E-state index contributed by atoms with van der Waals surface area (Å²) in [5.41, 5.74) is 0.798. The second-order valence-electron chi connectivity index (χ2n) is 5.86. The molecular formula is C17H21NO3. The molecule has 4 nitrogen and oxygen atoms in total. The van der Waals surface area contributed by atoms with Crippen LogP contribution >= 0.6 is 0 Å². The number of aliphatic hydroxyl groups excluding tert-OH is 1. The molecule has 0 saturated carbocycles. The SMILES string of the molecule is Cc1cccc2c(=O)oc(C(C)N3CCCC3CO)cc12. The first-order valence-corrected chi connectivity index (χ1v) is 7.52. The van der Waals surface area contributed by atoms with Gasteiger partial charge in [0.05, 0.1) is 18.0 Å². The molecule has 1 aromatic carbocycles. The molecule has 112 valence electrons. The topological polar surface area (TPSA) is 53.7 Å². The summed E-state index contributed by atoms with van der Waals surface area (Å²) in [5.74, 6) is 0.683. The number of likely N-dealkylation sites (tertiary alicyclic amines) is 1. The number of fused-ring (bicyclic) bond motifs is 1. The molecule has 1 aliphatic heterocycles. The van der Waals surface area contributed by atoms with E-state index in [-0.39, 0.29) is 24.3 Å². The van der Waals surface area contributed by atoms with Crippen LogP contribution < -0.4 is 5.63 Å². The minimum Gasteiger partial charge on any atom is -0.426 e. The highest BCUT2D eigenvalue weighted by Gasteiger charge is 2.30. The zero-order chi connectivity index (χ0) is 15.0. The van der Waals surface area contributed by atoms with Crippen molar-refractivity contribution < 1.29 is 9.52 Å². The van der Waals surface area contributed by atoms with Crippen LogP contribution in [0.4, 0.5) is 0 Å². The molecule has 0 amide bonds. The Labute approximate surface area is 124 Å². The van der Waals surface area contributed by atoms with Gasteiger partial charge in [0.25, 0.3) is 0 Å². The quantitative estimate of drug-likeness (QED) is 0.943. The van der Waals surface area contributed by atoms with Gasteiger partial charge < -0.3 is 9.52 Å². The van der Waals surface area contributed by atoms with Gasteiger partial charge in [0.15, 0.2) is 0 Å². The average Bonchev–Trinajstić information content (AvgIpc) is 2.96. The number of aliphatic hydroxyl groups is 1. The van der Waals surface area contributed by atoms with Crippen molar-refractivity contribution in [2.45, 2.75) is 38.8 Å². The number of benzene rings is 1. The maximum atomic E-state index is 12.2. The normalized spacial score (nSPS) is 21.0. The van der Waals surface area contributed by atoms with E-state index in [1.165, 1.54) is 0 Å². The molecule has 21 heavy (non-hydrogen) atoms. The first-order chi connectivity index (χ1) is 10.1. The van der Waals surface area contributed by atoms with Crippen LogP contribution in [0, 0.1) is 6.92 Å². The highest BCUT2D eigenvalue weighted by Crippen LogP contribution is 2.30. The zero-order valence-corrected chi connectivity index (χ0v) is 12.5. The highest BCUT2D eigenvalue weighted by atomic mass is 16.4. The van der Waals surface area contributed by atoms with E-state index >= 15 is 0 Å². The van der Waals surface area contributed by atoms with E-state index in [0.717, 1.165) is 30.3 Å². The van der Waals surface area contributed by atoms with Gasteiger partial charge in [-0.1, -0.05) is 12.1 Å². The maximum absolute atomic E-state index is 12.2. The fraction of sp³-hybridized carbons (Fsp3) is 0.471. The number of rotatable bonds is 3. The van der Waals surface area contributed by atoms with Crippen LogP contribution in [0.15, 0.2) is 33.5 Å². The molecule has 1 aromatic heterocycles. The lowest BCUT2D eigenvalue weighted by molar-refractivity contribution is 0.114. The lowest BCUT2D eigenvalue weighted by Crippen LogP contribution is -2.34. The number of hydrogen-bond donors (Lipinski definition) is 1. The van der Waals surface area contributed by atoms with Gasteiger partial charge in [-0.05, 0) is 56.3 Å². The highest BCUT2D eigenvalue weighted by molar-refractivity contribution is 5.84. The Bertz CT molecular complexity index is 707. The van der Waals surface area contributed by atoms with Crippen LogP contribution in [0.1, 0.15) is 37.1 Å². The van der Waals surface area contributed by atoms with Crippen molar-refractivity contribution in [2.75, 3.05) is 13.2 Å². The van der Waals surface area contributed by atoms with E-state index in [4.69, 9.17) is 4.42 Å². The van der Waals surface area contributed by atoms with E-state index in [9.17, 15) is 9.90 Å². The van der Waals surface area contributed by atoms with E-state index in [2.05, 4.69) is 4.90 Å². The first-order valence-electron chi connectivity index (χ1n) is 7.52.